The molecule has 0 saturated heterocycles. The Bertz CT molecular complexity index is 1480. The minimum absolute atomic E-state index is 0.145. The second-order valence-corrected chi connectivity index (χ2v) is 12.6. The molecule has 236 valence electrons. The predicted octanol–water partition coefficient (Wildman–Crippen LogP) is 0.488. The number of hydrogen-bond acceptors (Lipinski definition) is 11. The summed E-state index contributed by atoms with van der Waals surface area (Å²) in [5.41, 5.74) is 2.47. The van der Waals surface area contributed by atoms with Crippen molar-refractivity contribution >= 4 is 46.6 Å². The molecule has 4 aliphatic rings. The predicted molar refractivity (Wildman–Crippen MR) is 152 cm³/mol. The fraction of sp³-hybridized carbons (Fsp3) is 0.581. The van der Waals surface area contributed by atoms with E-state index in [4.69, 9.17) is 10.5 Å². The van der Waals surface area contributed by atoms with Crippen molar-refractivity contribution in [1.82, 2.24) is 4.90 Å². The lowest BCUT2D eigenvalue weighted by Crippen LogP contribution is -2.78. The number of amides is 2. The van der Waals surface area contributed by atoms with Crippen molar-refractivity contribution in [1.29, 1.82) is 0 Å². The van der Waals surface area contributed by atoms with Gasteiger partial charge in [0.15, 0.2) is 34.7 Å². The van der Waals surface area contributed by atoms with Crippen LogP contribution < -0.4 is 11.1 Å². The number of nitrogens with two attached hydrogens (primary N) is 1. The van der Waals surface area contributed by atoms with Crippen molar-refractivity contribution in [2.75, 3.05) is 19.4 Å². The summed E-state index contributed by atoms with van der Waals surface area (Å²) in [5, 5.41) is 25.8. The molecule has 4 aliphatic carbocycles. The summed E-state index contributed by atoms with van der Waals surface area (Å²) in [7, 11) is 2.87. The number of nitrogens with zero attached hydrogens (tertiary/aromatic N) is 1. The molecule has 2 unspecified atom stereocenters. The first-order chi connectivity index (χ1) is 20.7. The van der Waals surface area contributed by atoms with E-state index in [1.807, 2.05) is 0 Å². The number of Topliss-reactive ketones (excluding diaryl/α,β-unsaturated/α-hetero) is 4. The minimum Gasteiger partial charge on any atom is -0.507 e. The lowest BCUT2D eigenvalue weighted by atomic mass is 9.49. The molecule has 1 aromatic rings. The minimum atomic E-state index is -3.10. The number of nitrogens with one attached hydrogen (secondary N) is 1. The number of benzene rings is 1. The summed E-state index contributed by atoms with van der Waals surface area (Å²) in [4.78, 5) is 95.5. The lowest BCUT2D eigenvalue weighted by Gasteiger charge is -2.56. The summed E-state index contributed by atoms with van der Waals surface area (Å²) in [6.07, 6.45) is 1.53. The Morgan fingerprint density at radius 3 is 2.30 bits per heavy atom. The average molecular weight is 612 g/mol. The van der Waals surface area contributed by atoms with Crippen molar-refractivity contribution in [3.8, 4) is 5.75 Å². The number of likely N-dealkylation sites (N-methyl/N-ethyl adjacent to an activating group) is 1. The first-order valence-corrected chi connectivity index (χ1v) is 14.9. The van der Waals surface area contributed by atoms with Crippen LogP contribution in [0.4, 0.5) is 5.69 Å². The van der Waals surface area contributed by atoms with Crippen LogP contribution in [0.3, 0.4) is 0 Å². The van der Waals surface area contributed by atoms with Gasteiger partial charge in [0.05, 0.1) is 23.4 Å². The van der Waals surface area contributed by atoms with Crippen LogP contribution in [0.5, 0.6) is 5.75 Å². The van der Waals surface area contributed by atoms with Gasteiger partial charge in [-0.2, -0.15) is 0 Å². The zero-order chi connectivity index (χ0) is 32.4. The summed E-state index contributed by atoms with van der Waals surface area (Å²) < 4.78 is 5.83. The molecule has 0 aromatic heterocycles. The molecular formula is C31H37N3O10. The Labute approximate surface area is 253 Å². The van der Waals surface area contributed by atoms with Gasteiger partial charge in [-0.15, -0.1) is 0 Å². The first kappa shape index (κ1) is 31.5. The van der Waals surface area contributed by atoms with E-state index < -0.39 is 88.1 Å². The van der Waals surface area contributed by atoms with Crippen molar-refractivity contribution < 1.29 is 48.5 Å². The number of esters is 1. The molecule has 1 aromatic carbocycles. The molecule has 0 heterocycles. The van der Waals surface area contributed by atoms with Gasteiger partial charge in [-0.25, -0.2) is 0 Å². The third-order valence-corrected chi connectivity index (χ3v) is 9.98. The molecular weight excluding hydrogens is 574 g/mol. The number of anilines is 1. The number of hydrogen-bond donors (Lipinski definition) is 4. The van der Waals surface area contributed by atoms with Crippen molar-refractivity contribution in [3.63, 3.8) is 0 Å². The molecule has 0 aliphatic heterocycles. The third kappa shape index (κ3) is 4.47. The van der Waals surface area contributed by atoms with Crippen LogP contribution >= 0.6 is 0 Å². The number of ketones is 4. The Morgan fingerprint density at radius 2 is 1.73 bits per heavy atom. The van der Waals surface area contributed by atoms with Gasteiger partial charge in [0.1, 0.15) is 11.9 Å². The van der Waals surface area contributed by atoms with Gasteiger partial charge >= 0.3 is 5.97 Å². The molecule has 0 bridgehead atoms. The molecule has 0 spiro atoms. The van der Waals surface area contributed by atoms with Gasteiger partial charge in [-0.05, 0) is 50.6 Å². The van der Waals surface area contributed by atoms with Crippen LogP contribution in [0.1, 0.15) is 67.8 Å². The highest BCUT2D eigenvalue weighted by molar-refractivity contribution is 6.32. The van der Waals surface area contributed by atoms with E-state index in [-0.39, 0.29) is 35.1 Å². The van der Waals surface area contributed by atoms with Crippen molar-refractivity contribution in [2.45, 2.75) is 69.6 Å². The fourth-order valence-corrected chi connectivity index (χ4v) is 7.95. The number of primary amides is 1. The molecule has 3 saturated carbocycles. The maximum Gasteiger partial charge on any atom is 0.305 e. The number of rotatable bonds is 6. The van der Waals surface area contributed by atoms with Crippen LogP contribution in [-0.4, -0.2) is 87.9 Å². The molecule has 44 heavy (non-hydrogen) atoms. The quantitative estimate of drug-likeness (QED) is 0.197. The van der Waals surface area contributed by atoms with Gasteiger partial charge in [0.25, 0.3) is 0 Å². The highest BCUT2D eigenvalue weighted by Gasteiger charge is 2.74. The number of carbonyl (C=O) groups excluding carboxylic acids is 7. The highest BCUT2D eigenvalue weighted by atomic mass is 16.5. The summed E-state index contributed by atoms with van der Waals surface area (Å²) in [6.45, 7) is 3.13. The number of ether oxygens (including phenoxy) is 1. The Hall–Kier alpha value is -3.97. The van der Waals surface area contributed by atoms with E-state index in [0.29, 0.717) is 12.8 Å². The number of fused-ring (bicyclic) bond motifs is 3. The number of carbonyl (C=O) groups is 7. The summed E-state index contributed by atoms with van der Waals surface area (Å²) in [5.74, 6) is -15.5. The van der Waals surface area contributed by atoms with Gasteiger partial charge in [-0.3, -0.25) is 38.5 Å². The SMILES string of the molecule is CCC(=O)O[C@@H]1[C@@H]2C(C(=O)c3c(O)ccc(NC(=O)C4CCCC4)c3[C@H]2C)C(=O)[C@@]2(O)C(=O)C(C(N)=O)C(=O)[C@H](N(C)C)[C@@H]12. The number of aromatic hydroxyl groups is 1. The number of phenols is 1. The van der Waals surface area contributed by atoms with Gasteiger partial charge in [0.2, 0.25) is 11.8 Å². The van der Waals surface area contributed by atoms with Crippen molar-refractivity contribution in [3.05, 3.63) is 23.3 Å². The summed E-state index contributed by atoms with van der Waals surface area (Å²) >= 11 is 0. The van der Waals surface area contributed by atoms with Crippen LogP contribution in [0.25, 0.3) is 0 Å². The molecule has 5 N–H and O–H groups in total. The Kier molecular flexibility index (Phi) is 8.00. The third-order valence-electron chi connectivity index (χ3n) is 9.98. The zero-order valence-corrected chi connectivity index (χ0v) is 25.0. The van der Waals surface area contributed by atoms with Crippen molar-refractivity contribution in [2.24, 2.45) is 35.3 Å². The lowest BCUT2D eigenvalue weighted by molar-refractivity contribution is -0.205. The number of aliphatic hydroxyl groups is 1. The van der Waals surface area contributed by atoms with Gasteiger partial charge in [0, 0.05) is 23.9 Å². The second kappa shape index (κ2) is 11.2. The smallest absolute Gasteiger partial charge is 0.305 e. The van der Waals surface area contributed by atoms with E-state index >= 15 is 0 Å². The fourth-order valence-electron chi connectivity index (χ4n) is 7.95. The maximum absolute atomic E-state index is 14.3. The topological polar surface area (TPSA) is 210 Å². The molecule has 3 fully saturated rings. The molecule has 13 nitrogen and oxygen atoms in total. The van der Waals surface area contributed by atoms with E-state index in [1.165, 1.54) is 38.1 Å². The van der Waals surface area contributed by atoms with E-state index in [9.17, 15) is 43.8 Å². The van der Waals surface area contributed by atoms with Gasteiger partial charge < -0.3 is 26.0 Å². The first-order valence-electron chi connectivity index (χ1n) is 14.9. The Morgan fingerprint density at radius 1 is 1.09 bits per heavy atom. The standard InChI is InChI=1S/C31H37N3O10/c1-5-16(36)44-26-18-12(2)17-14(33-30(42)13-8-6-7-9-13)10-11-15(35)19(17)24(37)20(18)27(39)31(43)22(26)23(34(3)4)25(38)21(28(31)40)29(32)41/h10-13,18,20-23,26,35,43H,5-9H2,1-4H3,(H2,32,41)(H,33,42)/t12-,18+,20?,21?,22+,23-,26-,31-/m1/s1. The Balaban J connectivity index is 1.72. The van der Waals surface area contributed by atoms with Gasteiger partial charge in [-0.1, -0.05) is 26.7 Å². The molecule has 2 amide bonds. The molecule has 5 rings (SSSR count). The van der Waals surface area contributed by atoms with Crippen LogP contribution in [0, 0.1) is 29.6 Å². The van der Waals surface area contributed by atoms with E-state index in [0.717, 1.165) is 12.8 Å². The van der Waals surface area contributed by atoms with E-state index in [1.54, 1.807) is 6.92 Å². The van der Waals surface area contributed by atoms with Crippen LogP contribution in [0.15, 0.2) is 12.1 Å². The monoisotopic (exact) mass is 611 g/mol. The van der Waals surface area contributed by atoms with E-state index in [2.05, 4.69) is 5.32 Å². The normalized spacial score (nSPS) is 33.5. The summed E-state index contributed by atoms with van der Waals surface area (Å²) in [6, 6.07) is 1.18. The molecule has 8 atom stereocenters. The second-order valence-electron chi connectivity index (χ2n) is 12.6. The largest absolute Gasteiger partial charge is 0.507 e. The molecule has 0 radical (unpaired) electrons. The van der Waals surface area contributed by atoms with Crippen LogP contribution in [0.2, 0.25) is 0 Å². The number of phenolic OH excluding ortho intramolecular Hbond substituents is 1. The maximum atomic E-state index is 14.3. The highest BCUT2D eigenvalue weighted by Crippen LogP contribution is 2.56. The zero-order valence-electron chi connectivity index (χ0n) is 25.0. The average Bonchev–Trinajstić information content (AvgIpc) is 3.50. The molecule has 13 heteroatoms. The van der Waals surface area contributed by atoms with Crippen LogP contribution in [-0.2, 0) is 33.5 Å².